The number of carbonyl (C=O) groups excluding carboxylic acids is 5. The Morgan fingerprint density at radius 1 is 0.887 bits per heavy atom. The minimum absolute atomic E-state index is 0.0318. The molecule has 1 fully saturated rings. The molecule has 394 valence electrons. The molecular weight excluding hydrogens is 939 g/mol. The Morgan fingerprint density at radius 2 is 1.62 bits per heavy atom. The van der Waals surface area contributed by atoms with Gasteiger partial charge in [0.05, 0.1) is 51.2 Å². The number of aliphatic hydroxyl groups is 1. The fourth-order valence-electron chi connectivity index (χ4n) is 8.42. The van der Waals surface area contributed by atoms with Crippen LogP contribution in [0.3, 0.4) is 0 Å². The number of rotatable bonds is 26. The maximum atomic E-state index is 13.3. The third-order valence-corrected chi connectivity index (χ3v) is 12.1. The SMILES string of the molecule is CC(C)C(NC(=O)CCOCCOCCNC(=O)CNC(=O)CCn1c2c(c3cccnc31)C(C(C)C)N(C)N(C)C2)C(=O)N[C@@H](C)C(=O)Nc1ccc(CCO)cc1OC1CCCC(C(=O)O)O1.CS. The van der Waals surface area contributed by atoms with E-state index in [9.17, 15) is 39.0 Å². The van der Waals surface area contributed by atoms with Gasteiger partial charge in [-0.2, -0.15) is 12.6 Å². The predicted molar refractivity (Wildman–Crippen MR) is 269 cm³/mol. The largest absolute Gasteiger partial charge is 0.479 e. The number of fused-ring (bicyclic) bond motifs is 3. The van der Waals surface area contributed by atoms with E-state index in [1.165, 1.54) is 12.5 Å². The van der Waals surface area contributed by atoms with Crippen LogP contribution in [-0.2, 0) is 62.5 Å². The molecule has 1 saturated heterocycles. The Balaban J connectivity index is 0.00000540. The number of hydrazine groups is 1. The van der Waals surface area contributed by atoms with Gasteiger partial charge in [0.2, 0.25) is 35.8 Å². The van der Waals surface area contributed by atoms with Gasteiger partial charge in [-0.25, -0.2) is 19.8 Å². The minimum Gasteiger partial charge on any atom is -0.479 e. The summed E-state index contributed by atoms with van der Waals surface area (Å²) in [6.07, 6.45) is 3.42. The fourth-order valence-corrected chi connectivity index (χ4v) is 8.42. The van der Waals surface area contributed by atoms with Gasteiger partial charge in [-0.1, -0.05) is 33.8 Å². The number of pyridine rings is 1. The highest BCUT2D eigenvalue weighted by molar-refractivity contribution is 7.79. The zero-order valence-electron chi connectivity index (χ0n) is 42.3. The van der Waals surface area contributed by atoms with Crippen LogP contribution in [0.2, 0.25) is 0 Å². The summed E-state index contributed by atoms with van der Waals surface area (Å²) < 4.78 is 24.8. The van der Waals surface area contributed by atoms with Crippen LogP contribution >= 0.6 is 12.6 Å². The summed E-state index contributed by atoms with van der Waals surface area (Å²) in [4.78, 5) is 80.8. The van der Waals surface area contributed by atoms with Crippen LogP contribution in [0, 0.1) is 11.8 Å². The third-order valence-electron chi connectivity index (χ3n) is 12.1. The molecule has 0 saturated carbocycles. The molecule has 5 atom stereocenters. The number of nitrogens with zero attached hydrogens (tertiary/aromatic N) is 4. The number of aromatic nitrogens is 2. The van der Waals surface area contributed by atoms with Gasteiger partial charge in [-0.3, -0.25) is 24.0 Å². The van der Waals surface area contributed by atoms with Crippen LogP contribution in [0.25, 0.3) is 11.0 Å². The van der Waals surface area contributed by atoms with Crippen LogP contribution in [-0.4, -0.2) is 156 Å². The predicted octanol–water partition coefficient (Wildman–Crippen LogP) is 2.80. The molecule has 0 bridgehead atoms. The fraction of sp³-hybridized carbons (Fsp3) is 0.612. The van der Waals surface area contributed by atoms with Crippen molar-refractivity contribution in [3.8, 4) is 5.75 Å². The molecule has 4 heterocycles. The lowest BCUT2D eigenvalue weighted by molar-refractivity contribution is -0.180. The molecule has 2 aliphatic rings. The average molecular weight is 1010 g/mol. The monoisotopic (exact) mass is 1010 g/mol. The van der Waals surface area contributed by atoms with Gasteiger partial charge in [0.15, 0.2) is 6.10 Å². The summed E-state index contributed by atoms with van der Waals surface area (Å²) in [7, 11) is 4.15. The number of hydrogen-bond acceptors (Lipinski definition) is 15. The maximum Gasteiger partial charge on any atom is 0.332 e. The van der Waals surface area contributed by atoms with Crippen molar-refractivity contribution in [3.63, 3.8) is 0 Å². The molecule has 7 N–H and O–H groups in total. The summed E-state index contributed by atoms with van der Waals surface area (Å²) in [5.74, 6) is -2.98. The number of ether oxygens (including phenoxy) is 4. The normalized spacial score (nSPS) is 17.9. The van der Waals surface area contributed by atoms with Crippen LogP contribution in [0.5, 0.6) is 5.75 Å². The van der Waals surface area contributed by atoms with E-state index in [0.29, 0.717) is 44.7 Å². The number of anilines is 1. The quantitative estimate of drug-likeness (QED) is 0.0425. The molecule has 0 radical (unpaired) electrons. The third kappa shape index (κ3) is 17.1. The number of thiol groups is 1. The van der Waals surface area contributed by atoms with E-state index >= 15 is 0 Å². The molecule has 2 aromatic heterocycles. The topological polar surface area (TPSA) is 264 Å². The highest BCUT2D eigenvalue weighted by Gasteiger charge is 2.36. The van der Waals surface area contributed by atoms with E-state index in [-0.39, 0.29) is 94.2 Å². The minimum atomic E-state index is -1.09. The average Bonchev–Trinajstić information content (AvgIpc) is 3.64. The van der Waals surface area contributed by atoms with Crippen LogP contribution < -0.4 is 31.3 Å². The molecular formula is C49H75N9O12S. The maximum absolute atomic E-state index is 13.3. The van der Waals surface area contributed by atoms with Crippen molar-refractivity contribution in [3.05, 3.63) is 53.3 Å². The second kappa shape index (κ2) is 29.2. The molecule has 21 nitrogen and oxygen atoms in total. The first-order valence-corrected chi connectivity index (χ1v) is 25.1. The van der Waals surface area contributed by atoms with Crippen molar-refractivity contribution >= 4 is 64.9 Å². The molecule has 1 aromatic carbocycles. The molecule has 0 aliphatic carbocycles. The lowest BCUT2D eigenvalue weighted by Crippen LogP contribution is -2.53. The molecule has 71 heavy (non-hydrogen) atoms. The number of carboxylic acid groups (broad SMARTS) is 1. The van der Waals surface area contributed by atoms with Gasteiger partial charge < -0.3 is 60.3 Å². The molecule has 22 heteroatoms. The van der Waals surface area contributed by atoms with Gasteiger partial charge in [0, 0.05) is 75.9 Å². The van der Waals surface area contributed by atoms with Crippen LogP contribution in [0.15, 0.2) is 36.5 Å². The second-order valence-corrected chi connectivity index (χ2v) is 18.1. The van der Waals surface area contributed by atoms with Crippen molar-refractivity contribution in [2.45, 2.75) is 117 Å². The van der Waals surface area contributed by atoms with Gasteiger partial charge in [-0.05, 0) is 74.1 Å². The Labute approximate surface area is 421 Å². The van der Waals surface area contributed by atoms with E-state index in [2.05, 4.69) is 92.8 Å². The standard InChI is InChI=1S/C48H71N9O12.CH4S/c1-29(2)43(47(63)52-31(5)46(62)53-34-14-13-32(16-21-58)26-37(34)69-41-12-8-11-36(68-41)48(64)65)54-39(60)17-22-66-24-25-67-23-19-49-40(61)27-51-38(59)15-20-57-35-28-55(6)56(7)44(30(3)4)42(35)33-10-9-18-50-45(33)57;1-2/h9-10,13-14,18,26,29-31,36,41,43-44,58H,8,11-12,15-17,19-25,27-28H2,1-7H3,(H,49,61)(H,51,59)(H,52,63)(H,53,62)(H,54,60)(H,64,65);2H,1H3/t31-,36?,41?,43?,44?;/m0./s1. The summed E-state index contributed by atoms with van der Waals surface area (Å²) in [5.41, 5.74) is 4.23. The first kappa shape index (κ1) is 58.2. The summed E-state index contributed by atoms with van der Waals surface area (Å²) in [5, 5.41) is 37.9. The molecule has 3 aromatic rings. The lowest BCUT2D eigenvalue weighted by Gasteiger charge is -2.42. The van der Waals surface area contributed by atoms with E-state index < -0.39 is 48.2 Å². The highest BCUT2D eigenvalue weighted by Crippen LogP contribution is 2.41. The molecule has 0 spiro atoms. The number of aliphatic hydroxyl groups excluding tert-OH is 1. The van der Waals surface area contributed by atoms with Gasteiger partial charge in [-0.15, -0.1) is 0 Å². The van der Waals surface area contributed by atoms with Gasteiger partial charge in [0.1, 0.15) is 23.5 Å². The number of carboxylic acids is 1. The lowest BCUT2D eigenvalue weighted by atomic mass is 9.92. The van der Waals surface area contributed by atoms with E-state index in [0.717, 1.165) is 22.3 Å². The molecule has 5 rings (SSSR count). The van der Waals surface area contributed by atoms with E-state index in [1.54, 1.807) is 44.5 Å². The molecule has 5 amide bonds. The number of aryl methyl sites for hydroxylation is 1. The first-order chi connectivity index (χ1) is 34.0. The van der Waals surface area contributed by atoms with E-state index in [4.69, 9.17) is 18.9 Å². The smallest absolute Gasteiger partial charge is 0.332 e. The number of carbonyl (C=O) groups is 6. The Kier molecular flexibility index (Phi) is 24.0. The number of hydrogen-bond donors (Lipinski definition) is 8. The number of amides is 5. The summed E-state index contributed by atoms with van der Waals surface area (Å²) in [6.45, 7) is 11.2. The van der Waals surface area contributed by atoms with Crippen molar-refractivity contribution in [2.75, 3.05) is 71.8 Å². The molecule has 2 aliphatic heterocycles. The van der Waals surface area contributed by atoms with Crippen molar-refractivity contribution < 1.29 is 57.9 Å². The number of aliphatic carboxylic acids is 1. The van der Waals surface area contributed by atoms with Crippen LogP contribution in [0.1, 0.15) is 89.6 Å². The Hall–Kier alpha value is -5.36. The Morgan fingerprint density at radius 3 is 2.31 bits per heavy atom. The van der Waals surface area contributed by atoms with Crippen molar-refractivity contribution in [1.29, 1.82) is 0 Å². The zero-order valence-corrected chi connectivity index (χ0v) is 43.2. The molecule has 4 unspecified atom stereocenters. The van der Waals surface area contributed by atoms with Crippen molar-refractivity contribution in [1.82, 2.24) is 40.8 Å². The highest BCUT2D eigenvalue weighted by atomic mass is 32.1. The Bertz CT molecular complexity index is 2240. The number of nitrogens with one attached hydrogen (secondary N) is 5. The zero-order chi connectivity index (χ0) is 52.2. The van der Waals surface area contributed by atoms with Crippen LogP contribution in [0.4, 0.5) is 5.69 Å². The second-order valence-electron chi connectivity index (χ2n) is 18.1. The van der Waals surface area contributed by atoms with E-state index in [1.807, 2.05) is 6.07 Å². The summed E-state index contributed by atoms with van der Waals surface area (Å²) >= 11 is 3.53. The van der Waals surface area contributed by atoms with Crippen molar-refractivity contribution in [2.24, 2.45) is 11.8 Å². The number of benzene rings is 1. The van der Waals surface area contributed by atoms with Gasteiger partial charge in [0.25, 0.3) is 0 Å². The first-order valence-electron chi connectivity index (χ1n) is 24.2. The van der Waals surface area contributed by atoms with Gasteiger partial charge >= 0.3 is 5.97 Å². The summed E-state index contributed by atoms with van der Waals surface area (Å²) in [6, 6.07) is 7.16.